The van der Waals surface area contributed by atoms with Crippen molar-refractivity contribution in [1.82, 2.24) is 24.2 Å². The molecule has 2 aromatic heterocycles. The van der Waals surface area contributed by atoms with Crippen molar-refractivity contribution < 1.29 is 18.0 Å². The van der Waals surface area contributed by atoms with Crippen molar-refractivity contribution in [2.75, 3.05) is 6.54 Å². The lowest BCUT2D eigenvalue weighted by molar-refractivity contribution is -0.148. The van der Waals surface area contributed by atoms with Crippen LogP contribution in [-0.2, 0) is 30.6 Å². The van der Waals surface area contributed by atoms with Gasteiger partial charge in [-0.25, -0.2) is 0 Å². The Bertz CT molecular complexity index is 1010. The minimum absolute atomic E-state index is 0.0127. The van der Waals surface area contributed by atoms with Gasteiger partial charge in [0, 0.05) is 49.4 Å². The molecule has 1 aromatic carbocycles. The number of hydrogen-bond donors (Lipinski definition) is 0. The minimum Gasteiger partial charge on any atom is -0.354 e. The molecule has 0 saturated carbocycles. The molecule has 30 heavy (non-hydrogen) atoms. The second kappa shape index (κ2) is 8.14. The number of nitrogens with zero attached hydrogens (tertiary/aromatic N) is 5. The first kappa shape index (κ1) is 20.5. The predicted octanol–water partition coefficient (Wildman–Crippen LogP) is 3.97. The molecule has 0 radical (unpaired) electrons. The van der Waals surface area contributed by atoms with Crippen molar-refractivity contribution in [3.05, 3.63) is 71.0 Å². The van der Waals surface area contributed by atoms with Crippen LogP contribution in [0.15, 0.2) is 48.8 Å². The first-order chi connectivity index (χ1) is 14.3. The molecule has 4 rings (SSSR count). The highest BCUT2D eigenvalue weighted by atomic mass is 35.5. The van der Waals surface area contributed by atoms with E-state index in [9.17, 15) is 18.0 Å². The largest absolute Gasteiger partial charge is 0.451 e. The molecule has 0 fully saturated rings. The van der Waals surface area contributed by atoms with Gasteiger partial charge in [-0.15, -0.1) is 10.2 Å². The zero-order valence-corrected chi connectivity index (χ0v) is 16.6. The van der Waals surface area contributed by atoms with Gasteiger partial charge in [0.1, 0.15) is 0 Å². The first-order valence-corrected chi connectivity index (χ1v) is 9.82. The van der Waals surface area contributed by atoms with E-state index >= 15 is 0 Å². The van der Waals surface area contributed by atoms with Crippen molar-refractivity contribution in [3.63, 3.8) is 0 Å². The SMILES string of the molecule is O=C(C[C@H](Cn1cccc1)c1ccc(Cl)cc1)N1CCn2c(nnc2C(F)(F)F)C1. The minimum atomic E-state index is -4.56. The molecule has 0 saturated heterocycles. The Balaban J connectivity index is 1.50. The van der Waals surface area contributed by atoms with Crippen LogP contribution in [0.2, 0.25) is 5.02 Å². The molecule has 3 heterocycles. The van der Waals surface area contributed by atoms with Gasteiger partial charge < -0.3 is 14.0 Å². The summed E-state index contributed by atoms with van der Waals surface area (Å²) in [4.78, 5) is 14.5. The fraction of sp³-hybridized carbons (Fsp3) is 0.350. The number of rotatable bonds is 5. The first-order valence-electron chi connectivity index (χ1n) is 9.44. The van der Waals surface area contributed by atoms with Crippen LogP contribution in [0, 0.1) is 0 Å². The van der Waals surface area contributed by atoms with Crippen molar-refractivity contribution in [2.45, 2.75) is 38.1 Å². The Morgan fingerprint density at radius 2 is 1.80 bits per heavy atom. The average Bonchev–Trinajstić information content (AvgIpc) is 3.36. The summed E-state index contributed by atoms with van der Waals surface area (Å²) in [5, 5.41) is 7.52. The lowest BCUT2D eigenvalue weighted by Gasteiger charge is -2.29. The van der Waals surface area contributed by atoms with E-state index in [1.54, 1.807) is 17.0 Å². The van der Waals surface area contributed by atoms with Gasteiger partial charge in [-0.2, -0.15) is 13.2 Å². The number of hydrogen-bond acceptors (Lipinski definition) is 3. The molecule has 1 aliphatic heterocycles. The lowest BCUT2D eigenvalue weighted by Crippen LogP contribution is -2.40. The summed E-state index contributed by atoms with van der Waals surface area (Å²) in [6.45, 7) is 0.817. The summed E-state index contributed by atoms with van der Waals surface area (Å²) in [7, 11) is 0. The standard InChI is InChI=1S/C20H19ClF3N5O/c21-16-5-3-14(4-6-16)15(12-27-7-1-2-8-27)11-18(30)28-9-10-29-17(13-28)25-26-19(29)20(22,23)24/h1-8,15H,9-13H2/t15-/m1/s1. The molecule has 0 N–H and O–H groups in total. The molecule has 0 bridgehead atoms. The summed E-state index contributed by atoms with van der Waals surface area (Å²) >= 11 is 5.99. The number of amides is 1. The molecule has 1 amide bonds. The Labute approximate surface area is 175 Å². The van der Waals surface area contributed by atoms with Crippen LogP contribution in [0.4, 0.5) is 13.2 Å². The number of aromatic nitrogens is 4. The maximum absolute atomic E-state index is 13.0. The quantitative estimate of drug-likeness (QED) is 0.607. The van der Waals surface area contributed by atoms with Crippen LogP contribution in [0.25, 0.3) is 0 Å². The third kappa shape index (κ3) is 4.35. The predicted molar refractivity (Wildman–Crippen MR) is 104 cm³/mol. The van der Waals surface area contributed by atoms with Gasteiger partial charge in [-0.3, -0.25) is 4.79 Å². The van der Waals surface area contributed by atoms with Gasteiger partial charge in [0.2, 0.25) is 11.7 Å². The fourth-order valence-corrected chi connectivity index (χ4v) is 3.82. The molecular weight excluding hydrogens is 419 g/mol. The van der Waals surface area contributed by atoms with Gasteiger partial charge in [-0.05, 0) is 29.8 Å². The summed E-state index contributed by atoms with van der Waals surface area (Å²) in [6.07, 6.45) is -0.487. The normalized spacial score (nSPS) is 15.1. The van der Waals surface area contributed by atoms with Crippen molar-refractivity contribution in [2.24, 2.45) is 0 Å². The fourth-order valence-electron chi connectivity index (χ4n) is 3.69. The highest BCUT2D eigenvalue weighted by molar-refractivity contribution is 6.30. The summed E-state index contributed by atoms with van der Waals surface area (Å²) in [6, 6.07) is 11.2. The number of fused-ring (bicyclic) bond motifs is 1. The van der Waals surface area contributed by atoms with Crippen molar-refractivity contribution in [3.8, 4) is 0 Å². The summed E-state index contributed by atoms with van der Waals surface area (Å²) in [5.74, 6) is -1.11. The Morgan fingerprint density at radius 3 is 2.47 bits per heavy atom. The highest BCUT2D eigenvalue weighted by Gasteiger charge is 2.40. The van der Waals surface area contributed by atoms with E-state index in [4.69, 9.17) is 11.6 Å². The second-order valence-corrected chi connectivity index (χ2v) is 7.67. The third-order valence-corrected chi connectivity index (χ3v) is 5.47. The molecule has 6 nitrogen and oxygen atoms in total. The van der Waals surface area contributed by atoms with E-state index in [1.807, 2.05) is 41.2 Å². The monoisotopic (exact) mass is 437 g/mol. The van der Waals surface area contributed by atoms with Gasteiger partial charge in [0.05, 0.1) is 6.54 Å². The molecule has 10 heteroatoms. The molecule has 0 aliphatic carbocycles. The molecular formula is C20H19ClF3N5O. The van der Waals surface area contributed by atoms with Crippen molar-refractivity contribution >= 4 is 17.5 Å². The molecule has 1 atom stereocenters. The molecule has 158 valence electrons. The van der Waals surface area contributed by atoms with E-state index in [2.05, 4.69) is 10.2 Å². The van der Waals surface area contributed by atoms with E-state index in [-0.39, 0.29) is 43.7 Å². The molecule has 0 unspecified atom stereocenters. The lowest BCUT2D eigenvalue weighted by atomic mass is 9.94. The molecule has 1 aliphatic rings. The van der Waals surface area contributed by atoms with Crippen LogP contribution in [0.5, 0.6) is 0 Å². The van der Waals surface area contributed by atoms with Gasteiger partial charge in [-0.1, -0.05) is 23.7 Å². The van der Waals surface area contributed by atoms with E-state index in [0.717, 1.165) is 10.1 Å². The number of carbonyl (C=O) groups excluding carboxylic acids is 1. The van der Waals surface area contributed by atoms with Gasteiger partial charge in [0.25, 0.3) is 0 Å². The maximum atomic E-state index is 13.0. The number of benzene rings is 1. The average molecular weight is 438 g/mol. The highest BCUT2D eigenvalue weighted by Crippen LogP contribution is 2.30. The van der Waals surface area contributed by atoms with Crippen LogP contribution >= 0.6 is 11.6 Å². The maximum Gasteiger partial charge on any atom is 0.451 e. The molecule has 3 aromatic rings. The van der Waals surface area contributed by atoms with E-state index < -0.39 is 12.0 Å². The van der Waals surface area contributed by atoms with Crippen LogP contribution in [-0.4, -0.2) is 36.7 Å². The third-order valence-electron chi connectivity index (χ3n) is 5.22. The zero-order valence-electron chi connectivity index (χ0n) is 15.9. The second-order valence-electron chi connectivity index (χ2n) is 7.24. The van der Waals surface area contributed by atoms with Crippen molar-refractivity contribution in [1.29, 1.82) is 0 Å². The zero-order chi connectivity index (χ0) is 21.3. The molecule has 0 spiro atoms. The summed E-state index contributed by atoms with van der Waals surface area (Å²) < 4.78 is 42.1. The topological polar surface area (TPSA) is 56.0 Å². The smallest absolute Gasteiger partial charge is 0.354 e. The van der Waals surface area contributed by atoms with Crippen LogP contribution in [0.1, 0.15) is 29.6 Å². The Morgan fingerprint density at radius 1 is 1.10 bits per heavy atom. The Kier molecular flexibility index (Phi) is 5.55. The van der Waals surface area contributed by atoms with E-state index in [1.165, 1.54) is 0 Å². The van der Waals surface area contributed by atoms with Crippen LogP contribution in [0.3, 0.4) is 0 Å². The Hall–Kier alpha value is -2.81. The number of halogens is 4. The van der Waals surface area contributed by atoms with E-state index in [0.29, 0.717) is 11.6 Å². The van der Waals surface area contributed by atoms with Gasteiger partial charge in [0.15, 0.2) is 5.82 Å². The number of alkyl halides is 3. The number of carbonyl (C=O) groups is 1. The van der Waals surface area contributed by atoms with Crippen LogP contribution < -0.4 is 0 Å². The summed E-state index contributed by atoms with van der Waals surface area (Å²) in [5.41, 5.74) is 0.973. The van der Waals surface area contributed by atoms with Gasteiger partial charge >= 0.3 is 6.18 Å².